The SMILES string of the molecule is CC(C)c1sc2c([n+]1N)N(C(C)C)c1ccccc1S2. The molecular formula is C15H20N3S2+. The van der Waals surface area contributed by atoms with Crippen molar-refractivity contribution >= 4 is 34.6 Å². The predicted octanol–water partition coefficient (Wildman–Crippen LogP) is 3.88. The summed E-state index contributed by atoms with van der Waals surface area (Å²) in [4.78, 5) is 3.66. The Kier molecular flexibility index (Phi) is 3.42. The Morgan fingerprint density at radius 3 is 2.50 bits per heavy atom. The Hall–Kier alpha value is -1.20. The van der Waals surface area contributed by atoms with Crippen LogP contribution in [-0.4, -0.2) is 6.04 Å². The highest BCUT2D eigenvalue weighted by Gasteiger charge is 2.39. The van der Waals surface area contributed by atoms with Crippen LogP contribution in [0.2, 0.25) is 0 Å². The summed E-state index contributed by atoms with van der Waals surface area (Å²) in [6, 6.07) is 8.94. The molecule has 3 nitrogen and oxygen atoms in total. The lowest BCUT2D eigenvalue weighted by Gasteiger charge is -2.26. The third-order valence-electron chi connectivity index (χ3n) is 3.41. The molecule has 0 fully saturated rings. The van der Waals surface area contributed by atoms with Crippen molar-refractivity contribution in [3.8, 4) is 0 Å². The average molecular weight is 306 g/mol. The van der Waals surface area contributed by atoms with Crippen molar-refractivity contribution in [1.82, 2.24) is 0 Å². The lowest BCUT2D eigenvalue weighted by atomic mass is 10.2. The van der Waals surface area contributed by atoms with Crippen LogP contribution in [0.5, 0.6) is 0 Å². The zero-order chi connectivity index (χ0) is 14.4. The third kappa shape index (κ3) is 2.00. The van der Waals surface area contributed by atoms with E-state index in [1.165, 1.54) is 19.8 Å². The second kappa shape index (κ2) is 4.97. The van der Waals surface area contributed by atoms with Gasteiger partial charge >= 0.3 is 5.82 Å². The summed E-state index contributed by atoms with van der Waals surface area (Å²) >= 11 is 3.65. The third-order valence-corrected chi connectivity index (χ3v) is 6.09. The normalized spacial score (nSPS) is 13.8. The van der Waals surface area contributed by atoms with E-state index >= 15 is 0 Å². The van der Waals surface area contributed by atoms with Gasteiger partial charge in [-0.25, -0.2) is 4.90 Å². The van der Waals surface area contributed by atoms with E-state index in [1.807, 2.05) is 27.8 Å². The van der Waals surface area contributed by atoms with Gasteiger partial charge in [0.25, 0.3) is 0 Å². The van der Waals surface area contributed by atoms with E-state index in [1.54, 1.807) is 0 Å². The molecule has 0 spiro atoms. The summed E-state index contributed by atoms with van der Waals surface area (Å²) < 4.78 is 3.18. The number of nitrogens with two attached hydrogens (primary N) is 1. The van der Waals surface area contributed by atoms with E-state index in [0.29, 0.717) is 12.0 Å². The summed E-state index contributed by atoms with van der Waals surface area (Å²) in [6.07, 6.45) is 0. The topological polar surface area (TPSA) is 33.1 Å². The fourth-order valence-electron chi connectivity index (χ4n) is 2.55. The number of aromatic nitrogens is 1. The zero-order valence-electron chi connectivity index (χ0n) is 12.3. The van der Waals surface area contributed by atoms with E-state index in [-0.39, 0.29) is 0 Å². The summed E-state index contributed by atoms with van der Waals surface area (Å²) in [5.74, 6) is 7.96. The van der Waals surface area contributed by atoms with Crippen molar-refractivity contribution in [3.05, 3.63) is 29.3 Å². The molecule has 1 aliphatic rings. The molecule has 0 amide bonds. The first kappa shape index (κ1) is 13.8. The van der Waals surface area contributed by atoms with Crippen LogP contribution in [0.15, 0.2) is 33.4 Å². The minimum absolute atomic E-state index is 0.375. The fraction of sp³-hybridized carbons (Fsp3) is 0.400. The Morgan fingerprint density at radius 1 is 1.15 bits per heavy atom. The molecule has 0 radical (unpaired) electrons. The minimum atomic E-state index is 0.375. The predicted molar refractivity (Wildman–Crippen MR) is 86.6 cm³/mol. The number of fused-ring (bicyclic) bond motifs is 2. The molecule has 0 saturated carbocycles. The van der Waals surface area contributed by atoms with Gasteiger partial charge in [-0.15, -0.1) is 4.68 Å². The van der Waals surface area contributed by atoms with Gasteiger partial charge in [-0.2, -0.15) is 0 Å². The number of benzene rings is 1. The minimum Gasteiger partial charge on any atom is -0.268 e. The molecule has 0 aliphatic carbocycles. The quantitative estimate of drug-likeness (QED) is 0.675. The van der Waals surface area contributed by atoms with Crippen LogP contribution in [0.4, 0.5) is 11.5 Å². The molecule has 0 unspecified atom stereocenters. The van der Waals surface area contributed by atoms with Gasteiger partial charge in [-0.1, -0.05) is 49.1 Å². The largest absolute Gasteiger partial charge is 0.330 e. The summed E-state index contributed by atoms with van der Waals surface area (Å²) in [6.45, 7) is 8.81. The van der Waals surface area contributed by atoms with Gasteiger partial charge < -0.3 is 0 Å². The molecule has 20 heavy (non-hydrogen) atoms. The van der Waals surface area contributed by atoms with Crippen molar-refractivity contribution in [2.75, 3.05) is 10.7 Å². The Labute approximate surface area is 128 Å². The van der Waals surface area contributed by atoms with Gasteiger partial charge in [-0.3, -0.25) is 5.84 Å². The Bertz CT molecular complexity index is 647. The smallest absolute Gasteiger partial charge is 0.268 e. The molecule has 106 valence electrons. The van der Waals surface area contributed by atoms with Crippen LogP contribution in [0.1, 0.15) is 38.6 Å². The Morgan fingerprint density at radius 2 is 1.85 bits per heavy atom. The van der Waals surface area contributed by atoms with Crippen LogP contribution in [-0.2, 0) is 0 Å². The van der Waals surface area contributed by atoms with E-state index < -0.39 is 0 Å². The van der Waals surface area contributed by atoms with Gasteiger partial charge in [0, 0.05) is 5.92 Å². The Balaban J connectivity index is 2.22. The number of rotatable bonds is 2. The highest BCUT2D eigenvalue weighted by Crippen LogP contribution is 2.50. The second-order valence-electron chi connectivity index (χ2n) is 5.61. The summed E-state index contributed by atoms with van der Waals surface area (Å²) in [5, 5.41) is 1.22. The molecule has 1 aromatic heterocycles. The molecule has 0 bridgehead atoms. The van der Waals surface area contributed by atoms with E-state index in [2.05, 4.69) is 56.9 Å². The molecule has 2 aromatic rings. The molecular weight excluding hydrogens is 286 g/mol. The van der Waals surface area contributed by atoms with Gasteiger partial charge in [0.05, 0.1) is 10.9 Å². The number of hydrogen-bond donors (Lipinski definition) is 1. The monoisotopic (exact) mass is 306 g/mol. The van der Waals surface area contributed by atoms with Crippen LogP contribution in [0, 0.1) is 0 Å². The first-order valence-corrected chi connectivity index (χ1v) is 8.54. The van der Waals surface area contributed by atoms with Crippen molar-refractivity contribution in [3.63, 3.8) is 0 Å². The second-order valence-corrected chi connectivity index (χ2v) is 7.95. The highest BCUT2D eigenvalue weighted by atomic mass is 32.2. The molecule has 0 atom stereocenters. The molecule has 5 heteroatoms. The number of hydrogen-bond acceptors (Lipinski definition) is 4. The van der Waals surface area contributed by atoms with Crippen LogP contribution in [0.25, 0.3) is 0 Å². The van der Waals surface area contributed by atoms with Gasteiger partial charge in [0.15, 0.2) is 9.22 Å². The van der Waals surface area contributed by atoms with Gasteiger partial charge in [0.1, 0.15) is 5.69 Å². The fourth-order valence-corrected chi connectivity index (χ4v) is 5.04. The molecule has 3 rings (SSSR count). The number of thiazole rings is 1. The van der Waals surface area contributed by atoms with Crippen molar-refractivity contribution < 1.29 is 4.68 Å². The van der Waals surface area contributed by atoms with Crippen LogP contribution < -0.4 is 15.4 Å². The maximum atomic E-state index is 6.38. The molecule has 0 saturated heterocycles. The standard InChI is InChI=1S/C15H20N3S2/c1-9(2)14-18(16)13-15(20-14)19-12-8-6-5-7-11(12)17(13)10(3)4/h5-10H,16H2,1-4H3/q+1. The zero-order valence-corrected chi connectivity index (χ0v) is 13.9. The van der Waals surface area contributed by atoms with Crippen molar-refractivity contribution in [1.29, 1.82) is 0 Å². The van der Waals surface area contributed by atoms with Gasteiger partial charge in [0.2, 0.25) is 0 Å². The number of anilines is 2. The first-order valence-electron chi connectivity index (χ1n) is 6.90. The van der Waals surface area contributed by atoms with Crippen molar-refractivity contribution in [2.24, 2.45) is 0 Å². The average Bonchev–Trinajstić information content (AvgIpc) is 2.73. The van der Waals surface area contributed by atoms with Crippen LogP contribution in [0.3, 0.4) is 0 Å². The van der Waals surface area contributed by atoms with Crippen molar-refractivity contribution in [2.45, 2.75) is 48.8 Å². The molecule has 1 aromatic carbocycles. The summed E-state index contributed by atoms with van der Waals surface area (Å²) in [5.41, 5.74) is 1.26. The van der Waals surface area contributed by atoms with E-state index in [9.17, 15) is 0 Å². The first-order chi connectivity index (χ1) is 9.50. The lowest BCUT2D eigenvalue weighted by molar-refractivity contribution is -0.630. The van der Waals surface area contributed by atoms with E-state index in [4.69, 9.17) is 5.84 Å². The number of nitrogen functional groups attached to an aromatic ring is 1. The summed E-state index contributed by atoms with van der Waals surface area (Å²) in [7, 11) is 0. The maximum absolute atomic E-state index is 6.38. The van der Waals surface area contributed by atoms with Gasteiger partial charge in [-0.05, 0) is 26.0 Å². The highest BCUT2D eigenvalue weighted by molar-refractivity contribution is 8.01. The number of nitrogens with zero attached hydrogens (tertiary/aromatic N) is 2. The number of para-hydroxylation sites is 1. The molecule has 1 aliphatic heterocycles. The maximum Gasteiger partial charge on any atom is 0.330 e. The van der Waals surface area contributed by atoms with Crippen LogP contribution >= 0.6 is 23.1 Å². The van der Waals surface area contributed by atoms with E-state index in [0.717, 1.165) is 5.82 Å². The molecule has 2 N–H and O–H groups in total. The molecule has 2 heterocycles. The lowest BCUT2D eigenvalue weighted by Crippen LogP contribution is -2.52.